The van der Waals surface area contributed by atoms with Crippen molar-refractivity contribution in [3.63, 3.8) is 0 Å². The van der Waals surface area contributed by atoms with Gasteiger partial charge in [-0.15, -0.1) is 0 Å². The van der Waals surface area contributed by atoms with Crippen molar-refractivity contribution < 1.29 is 4.79 Å². The molecular formula is C25H32N10OS. The SMILES string of the molecule is CN1CCN(c2cnc(C(=O)NC3=CSC(C(=N)N(C=N)C4CC4)N3)cc2-n2cnc(C3CC3)c2)CC1. The minimum atomic E-state index is -0.340. The van der Waals surface area contributed by atoms with Gasteiger partial charge < -0.3 is 29.9 Å². The van der Waals surface area contributed by atoms with Crippen LogP contribution in [0.4, 0.5) is 5.69 Å². The monoisotopic (exact) mass is 520 g/mol. The topological polar surface area (TPSA) is 129 Å². The van der Waals surface area contributed by atoms with Crippen molar-refractivity contribution in [2.75, 3.05) is 38.1 Å². The number of likely N-dealkylation sites (N-methyl/N-ethyl adjacent to an activating group) is 1. The summed E-state index contributed by atoms with van der Waals surface area (Å²) in [6.45, 7) is 3.75. The number of hydrogen-bond acceptors (Lipinski definition) is 9. The molecule has 2 aromatic heterocycles. The molecule has 3 fully saturated rings. The highest BCUT2D eigenvalue weighted by atomic mass is 32.2. The zero-order valence-corrected chi connectivity index (χ0v) is 21.7. The maximum atomic E-state index is 13.2. The molecule has 2 aromatic rings. The number of imidazole rings is 1. The fourth-order valence-corrected chi connectivity index (χ4v) is 5.55. The summed E-state index contributed by atoms with van der Waals surface area (Å²) in [6, 6.07) is 2.09. The van der Waals surface area contributed by atoms with Crippen molar-refractivity contribution in [2.24, 2.45) is 0 Å². The Kier molecular flexibility index (Phi) is 6.37. The highest BCUT2D eigenvalue weighted by Crippen LogP contribution is 2.39. The number of pyridine rings is 1. The molecule has 1 atom stereocenters. The first-order chi connectivity index (χ1) is 18.0. The predicted molar refractivity (Wildman–Crippen MR) is 144 cm³/mol. The van der Waals surface area contributed by atoms with Crippen LogP contribution in [0, 0.1) is 10.8 Å². The number of amidine groups is 1. The van der Waals surface area contributed by atoms with Gasteiger partial charge in [-0.1, -0.05) is 11.8 Å². The van der Waals surface area contributed by atoms with Gasteiger partial charge >= 0.3 is 0 Å². The van der Waals surface area contributed by atoms with E-state index in [1.165, 1.54) is 30.9 Å². The van der Waals surface area contributed by atoms with E-state index in [-0.39, 0.29) is 17.3 Å². The van der Waals surface area contributed by atoms with Crippen molar-refractivity contribution >= 4 is 35.5 Å². The summed E-state index contributed by atoms with van der Waals surface area (Å²) >= 11 is 1.42. The Labute approximate surface area is 220 Å². The number of rotatable bonds is 8. The molecular weight excluding hydrogens is 488 g/mol. The summed E-state index contributed by atoms with van der Waals surface area (Å²) in [7, 11) is 2.13. The van der Waals surface area contributed by atoms with E-state index in [4.69, 9.17) is 10.8 Å². The minimum absolute atomic E-state index is 0.246. The second kappa shape index (κ2) is 9.82. The molecule has 2 aliphatic carbocycles. The molecule has 37 heavy (non-hydrogen) atoms. The van der Waals surface area contributed by atoms with E-state index in [1.54, 1.807) is 11.1 Å². The lowest BCUT2D eigenvalue weighted by atomic mass is 10.2. The zero-order chi connectivity index (χ0) is 25.5. The first-order valence-electron chi connectivity index (χ1n) is 12.8. The number of nitrogens with one attached hydrogen (secondary N) is 4. The molecule has 0 bridgehead atoms. The van der Waals surface area contributed by atoms with Gasteiger partial charge in [-0.3, -0.25) is 15.6 Å². The molecule has 4 heterocycles. The van der Waals surface area contributed by atoms with Crippen LogP contribution in [0.25, 0.3) is 5.69 Å². The number of aromatic nitrogens is 3. The van der Waals surface area contributed by atoms with Crippen LogP contribution in [0.5, 0.6) is 0 Å². The first-order valence-corrected chi connectivity index (χ1v) is 13.7. The van der Waals surface area contributed by atoms with Crippen LogP contribution in [0.3, 0.4) is 0 Å². The van der Waals surface area contributed by atoms with E-state index in [1.807, 2.05) is 22.4 Å². The van der Waals surface area contributed by atoms with Gasteiger partial charge in [0.25, 0.3) is 5.91 Å². The molecule has 1 unspecified atom stereocenters. The summed E-state index contributed by atoms with van der Waals surface area (Å²) in [5.41, 5.74) is 3.32. The molecule has 11 nitrogen and oxygen atoms in total. The van der Waals surface area contributed by atoms with Gasteiger partial charge in [0.1, 0.15) is 22.7 Å². The third-order valence-corrected chi connectivity index (χ3v) is 8.26. The van der Waals surface area contributed by atoms with Crippen molar-refractivity contribution in [2.45, 2.75) is 43.0 Å². The van der Waals surface area contributed by atoms with E-state index in [9.17, 15) is 4.79 Å². The predicted octanol–water partition coefficient (Wildman–Crippen LogP) is 2.14. The number of carbonyl (C=O) groups is 1. The zero-order valence-electron chi connectivity index (χ0n) is 20.9. The average Bonchev–Trinajstić information content (AvgIpc) is 3.84. The van der Waals surface area contributed by atoms with Crippen LogP contribution < -0.4 is 15.5 Å². The van der Waals surface area contributed by atoms with E-state index >= 15 is 0 Å². The molecule has 1 saturated heterocycles. The van der Waals surface area contributed by atoms with Gasteiger partial charge in [0.2, 0.25) is 0 Å². The lowest BCUT2D eigenvalue weighted by Gasteiger charge is -2.35. The lowest BCUT2D eigenvalue weighted by molar-refractivity contribution is 0.0958. The molecule has 2 saturated carbocycles. The molecule has 2 aliphatic heterocycles. The summed E-state index contributed by atoms with van der Waals surface area (Å²) in [4.78, 5) is 28.7. The Morgan fingerprint density at radius 2 is 1.97 bits per heavy atom. The van der Waals surface area contributed by atoms with Crippen molar-refractivity contribution in [1.29, 1.82) is 10.8 Å². The minimum Gasteiger partial charge on any atom is -0.366 e. The van der Waals surface area contributed by atoms with Gasteiger partial charge in [0, 0.05) is 49.7 Å². The molecule has 4 aliphatic rings. The van der Waals surface area contributed by atoms with Crippen LogP contribution in [-0.2, 0) is 0 Å². The Morgan fingerprint density at radius 1 is 1.19 bits per heavy atom. The standard InChI is InChI=1S/C25H32N10OS/c1-32-6-8-33(9-7-32)21-11-28-18(10-20(21)34-12-19(29-15-34)16-2-3-16)24(36)30-22-13-37-25(31-22)23(27)35(14-26)17-4-5-17/h10-17,25-27,31H,2-9H2,1H3,(H,30,36). The third-order valence-electron chi connectivity index (χ3n) is 7.28. The highest BCUT2D eigenvalue weighted by molar-refractivity contribution is 8.03. The summed E-state index contributed by atoms with van der Waals surface area (Å²) in [5, 5.41) is 23.7. The van der Waals surface area contributed by atoms with E-state index in [0.717, 1.165) is 56.1 Å². The van der Waals surface area contributed by atoms with Crippen LogP contribution in [0.15, 0.2) is 36.0 Å². The Morgan fingerprint density at radius 3 is 2.68 bits per heavy atom. The van der Waals surface area contributed by atoms with Crippen molar-refractivity contribution in [1.82, 2.24) is 35.0 Å². The number of thioether (sulfide) groups is 1. The molecule has 0 aromatic carbocycles. The lowest BCUT2D eigenvalue weighted by Crippen LogP contribution is -2.45. The van der Waals surface area contributed by atoms with Gasteiger partial charge in [0.05, 0.1) is 35.9 Å². The fourth-order valence-electron chi connectivity index (χ4n) is 4.71. The van der Waals surface area contributed by atoms with Crippen LogP contribution >= 0.6 is 11.8 Å². The number of piperazine rings is 1. The number of hydrogen-bond donors (Lipinski definition) is 4. The molecule has 0 spiro atoms. The van der Waals surface area contributed by atoms with E-state index < -0.39 is 0 Å². The highest BCUT2D eigenvalue weighted by Gasteiger charge is 2.34. The fraction of sp³-hybridized carbons (Fsp3) is 0.480. The molecule has 4 N–H and O–H groups in total. The molecule has 194 valence electrons. The van der Waals surface area contributed by atoms with Crippen LogP contribution in [-0.4, -0.2) is 87.1 Å². The molecule has 6 rings (SSSR count). The largest absolute Gasteiger partial charge is 0.366 e. The number of nitrogens with zero attached hydrogens (tertiary/aromatic N) is 6. The van der Waals surface area contributed by atoms with Crippen LogP contribution in [0.1, 0.15) is 47.8 Å². The number of carbonyl (C=O) groups excluding carboxylic acids is 1. The maximum absolute atomic E-state index is 13.2. The van der Waals surface area contributed by atoms with Gasteiger partial charge in [-0.25, -0.2) is 9.97 Å². The quantitative estimate of drug-likeness (QED) is 0.308. The van der Waals surface area contributed by atoms with Crippen LogP contribution in [0.2, 0.25) is 0 Å². The van der Waals surface area contributed by atoms with E-state index in [0.29, 0.717) is 23.3 Å². The summed E-state index contributed by atoms with van der Waals surface area (Å²) in [5.74, 6) is 1.10. The molecule has 0 radical (unpaired) electrons. The third kappa shape index (κ3) is 5.08. The van der Waals surface area contributed by atoms with Crippen molar-refractivity contribution in [3.8, 4) is 5.69 Å². The maximum Gasteiger partial charge on any atom is 0.275 e. The second-order valence-corrected chi connectivity index (χ2v) is 11.1. The Bertz CT molecular complexity index is 1240. The van der Waals surface area contributed by atoms with Gasteiger partial charge in [-0.2, -0.15) is 0 Å². The Balaban J connectivity index is 1.19. The normalized spacial score (nSPS) is 21.8. The smallest absolute Gasteiger partial charge is 0.275 e. The first kappa shape index (κ1) is 24.0. The van der Waals surface area contributed by atoms with Crippen molar-refractivity contribution in [3.05, 3.63) is 47.4 Å². The van der Waals surface area contributed by atoms with Gasteiger partial charge in [-0.05, 0) is 38.8 Å². The molecule has 1 amide bonds. The summed E-state index contributed by atoms with van der Waals surface area (Å²) in [6.07, 6.45) is 11.3. The Hall–Kier alpha value is -3.38. The second-order valence-electron chi connectivity index (χ2n) is 10.1. The number of anilines is 1. The van der Waals surface area contributed by atoms with E-state index in [2.05, 4.69) is 43.6 Å². The van der Waals surface area contributed by atoms with Gasteiger partial charge in [0.15, 0.2) is 0 Å². The molecule has 12 heteroatoms. The summed E-state index contributed by atoms with van der Waals surface area (Å²) < 4.78 is 2.02. The average molecular weight is 521 g/mol. The number of amides is 1.